The molecule has 0 heterocycles. The van der Waals surface area contributed by atoms with Gasteiger partial charge in [0.2, 0.25) is 0 Å². The summed E-state index contributed by atoms with van der Waals surface area (Å²) in [7, 11) is 0. The smallest absolute Gasteiger partial charge is 0.319 e. The summed E-state index contributed by atoms with van der Waals surface area (Å²) in [5, 5.41) is 4.67. The van der Waals surface area contributed by atoms with E-state index in [9.17, 15) is 14.0 Å². The number of halogens is 1. The van der Waals surface area contributed by atoms with Crippen molar-refractivity contribution in [1.29, 1.82) is 0 Å². The molecule has 0 aliphatic rings. The van der Waals surface area contributed by atoms with E-state index in [1.165, 1.54) is 24.3 Å². The minimum atomic E-state index is -0.574. The first kappa shape index (κ1) is 11.9. The lowest BCUT2D eigenvalue weighted by Gasteiger charge is -2.06. The second kappa shape index (κ2) is 5.66. The number of carbonyl (C=O) groups is 2. The quantitative estimate of drug-likeness (QED) is 0.330. The Kier molecular flexibility index (Phi) is 4.22. The lowest BCUT2D eigenvalue weighted by atomic mass is 10.3. The second-order valence-electron chi connectivity index (χ2n) is 2.88. The summed E-state index contributed by atoms with van der Waals surface area (Å²) in [6, 6.07) is 4.65. The van der Waals surface area contributed by atoms with Crippen LogP contribution in [0.1, 0.15) is 0 Å². The number of amides is 3. The van der Waals surface area contributed by atoms with E-state index in [1.54, 1.807) is 0 Å². The van der Waals surface area contributed by atoms with Gasteiger partial charge in [0.1, 0.15) is 5.82 Å². The Morgan fingerprint density at radius 2 is 1.88 bits per heavy atom. The van der Waals surface area contributed by atoms with Gasteiger partial charge in [0.05, 0.1) is 6.54 Å². The van der Waals surface area contributed by atoms with Crippen molar-refractivity contribution in [2.45, 2.75) is 0 Å². The highest BCUT2D eigenvalue weighted by Gasteiger charge is 2.03. The number of benzene rings is 1. The van der Waals surface area contributed by atoms with E-state index in [0.29, 0.717) is 5.69 Å². The number of nitrogens with one attached hydrogen (secondary N) is 3. The Labute approximate surface area is 91.0 Å². The Bertz CT molecular complexity index is 380. The van der Waals surface area contributed by atoms with E-state index < -0.39 is 17.8 Å². The van der Waals surface area contributed by atoms with Crippen molar-refractivity contribution in [3.63, 3.8) is 0 Å². The number of hydrazine groups is 1. The third-order valence-electron chi connectivity index (χ3n) is 1.67. The van der Waals surface area contributed by atoms with Gasteiger partial charge in [0.15, 0.2) is 0 Å². The minimum Gasteiger partial charge on any atom is -0.329 e. The molecule has 0 radical (unpaired) electrons. The maximum atomic E-state index is 12.5. The molecule has 3 amide bonds. The van der Waals surface area contributed by atoms with Gasteiger partial charge in [-0.15, -0.1) is 0 Å². The highest BCUT2D eigenvalue weighted by Crippen LogP contribution is 2.07. The van der Waals surface area contributed by atoms with Crippen LogP contribution in [-0.4, -0.2) is 18.5 Å². The van der Waals surface area contributed by atoms with Crippen LogP contribution < -0.4 is 21.9 Å². The summed E-state index contributed by atoms with van der Waals surface area (Å²) in [5.41, 5.74) is 2.28. The first-order valence-electron chi connectivity index (χ1n) is 4.41. The van der Waals surface area contributed by atoms with Gasteiger partial charge in [-0.2, -0.15) is 0 Å². The fourth-order valence-corrected chi connectivity index (χ4v) is 0.920. The molecule has 5 N–H and O–H groups in total. The van der Waals surface area contributed by atoms with E-state index in [1.807, 2.05) is 5.43 Å². The Morgan fingerprint density at radius 3 is 2.44 bits per heavy atom. The Morgan fingerprint density at radius 1 is 1.25 bits per heavy atom. The van der Waals surface area contributed by atoms with Crippen LogP contribution in [0.2, 0.25) is 0 Å². The molecule has 1 aromatic carbocycles. The number of anilines is 1. The van der Waals surface area contributed by atoms with Gasteiger partial charge < -0.3 is 10.6 Å². The summed E-state index contributed by atoms with van der Waals surface area (Å²) in [6.45, 7) is -0.233. The van der Waals surface area contributed by atoms with Gasteiger partial charge in [0, 0.05) is 5.69 Å². The molecule has 0 saturated heterocycles. The zero-order valence-electron chi connectivity index (χ0n) is 8.29. The SMILES string of the molecule is NNC(=O)CNC(=O)Nc1ccc(F)cc1. The Hall–Kier alpha value is -2.15. The van der Waals surface area contributed by atoms with E-state index >= 15 is 0 Å². The molecule has 1 aromatic rings. The summed E-state index contributed by atoms with van der Waals surface area (Å²) < 4.78 is 12.5. The van der Waals surface area contributed by atoms with Crippen molar-refractivity contribution in [2.75, 3.05) is 11.9 Å². The lowest BCUT2D eigenvalue weighted by molar-refractivity contribution is -0.120. The van der Waals surface area contributed by atoms with Crippen molar-refractivity contribution in [3.05, 3.63) is 30.1 Å². The van der Waals surface area contributed by atoms with Crippen molar-refractivity contribution < 1.29 is 14.0 Å². The van der Waals surface area contributed by atoms with Crippen molar-refractivity contribution in [3.8, 4) is 0 Å². The molecule has 0 atom stereocenters. The third kappa shape index (κ3) is 3.93. The number of rotatable bonds is 3. The number of carbonyl (C=O) groups excluding carboxylic acids is 2. The maximum Gasteiger partial charge on any atom is 0.319 e. The lowest BCUT2D eigenvalue weighted by Crippen LogP contribution is -2.41. The molecular weight excluding hydrogens is 215 g/mol. The zero-order valence-corrected chi connectivity index (χ0v) is 8.29. The fourth-order valence-electron chi connectivity index (χ4n) is 0.920. The maximum absolute atomic E-state index is 12.5. The van der Waals surface area contributed by atoms with Gasteiger partial charge >= 0.3 is 6.03 Å². The summed E-state index contributed by atoms with van der Waals surface area (Å²) >= 11 is 0. The van der Waals surface area contributed by atoms with Crippen LogP contribution in [0.4, 0.5) is 14.9 Å². The van der Waals surface area contributed by atoms with Crippen LogP contribution in [0, 0.1) is 5.82 Å². The van der Waals surface area contributed by atoms with Crippen LogP contribution in [0.15, 0.2) is 24.3 Å². The topological polar surface area (TPSA) is 96.2 Å². The van der Waals surface area contributed by atoms with E-state index in [2.05, 4.69) is 10.6 Å². The molecule has 0 spiro atoms. The van der Waals surface area contributed by atoms with Gasteiger partial charge in [0.25, 0.3) is 5.91 Å². The largest absolute Gasteiger partial charge is 0.329 e. The van der Waals surface area contributed by atoms with Crippen molar-refractivity contribution >= 4 is 17.6 Å². The Balaban J connectivity index is 2.40. The van der Waals surface area contributed by atoms with Crippen molar-refractivity contribution in [2.24, 2.45) is 5.84 Å². The summed E-state index contributed by atoms with van der Waals surface area (Å²) in [5.74, 6) is 3.90. The predicted molar refractivity (Wildman–Crippen MR) is 55.8 cm³/mol. The number of hydrogen-bond donors (Lipinski definition) is 4. The first-order valence-corrected chi connectivity index (χ1v) is 4.41. The third-order valence-corrected chi connectivity index (χ3v) is 1.67. The van der Waals surface area contributed by atoms with E-state index in [-0.39, 0.29) is 6.54 Å². The molecule has 0 aromatic heterocycles. The predicted octanol–water partition coefficient (Wildman–Crippen LogP) is -0.0629. The molecule has 7 heteroatoms. The van der Waals surface area contributed by atoms with Crippen molar-refractivity contribution in [1.82, 2.24) is 10.7 Å². The molecule has 0 saturated carbocycles. The molecule has 6 nitrogen and oxygen atoms in total. The normalized spacial score (nSPS) is 9.38. The molecule has 0 bridgehead atoms. The van der Waals surface area contributed by atoms with Gasteiger partial charge in [-0.1, -0.05) is 0 Å². The molecule has 0 aliphatic carbocycles. The summed E-state index contributed by atoms with van der Waals surface area (Å²) in [4.78, 5) is 21.9. The fraction of sp³-hybridized carbons (Fsp3) is 0.111. The average molecular weight is 226 g/mol. The standard InChI is InChI=1S/C9H11FN4O2/c10-6-1-3-7(4-2-6)13-9(16)12-5-8(15)14-11/h1-4H,5,11H2,(H,14,15)(H2,12,13,16). The second-order valence-corrected chi connectivity index (χ2v) is 2.88. The van der Waals surface area contributed by atoms with Crippen LogP contribution in [-0.2, 0) is 4.79 Å². The zero-order chi connectivity index (χ0) is 12.0. The van der Waals surface area contributed by atoms with Crippen LogP contribution in [0.25, 0.3) is 0 Å². The molecular formula is C9H11FN4O2. The van der Waals surface area contributed by atoms with Gasteiger partial charge in [-0.3, -0.25) is 10.2 Å². The van der Waals surface area contributed by atoms with E-state index in [4.69, 9.17) is 5.84 Å². The minimum absolute atomic E-state index is 0.233. The molecule has 16 heavy (non-hydrogen) atoms. The molecule has 1 rings (SSSR count). The number of hydrogen-bond acceptors (Lipinski definition) is 3. The number of nitrogens with two attached hydrogens (primary N) is 1. The molecule has 86 valence electrons. The monoisotopic (exact) mass is 226 g/mol. The highest BCUT2D eigenvalue weighted by molar-refractivity contribution is 5.92. The summed E-state index contributed by atoms with van der Waals surface area (Å²) in [6.07, 6.45) is 0. The van der Waals surface area contributed by atoms with Gasteiger partial charge in [-0.25, -0.2) is 15.0 Å². The highest BCUT2D eigenvalue weighted by atomic mass is 19.1. The first-order chi connectivity index (χ1) is 7.61. The van der Waals surface area contributed by atoms with Gasteiger partial charge in [-0.05, 0) is 24.3 Å². The molecule has 0 aliphatic heterocycles. The van der Waals surface area contributed by atoms with E-state index in [0.717, 1.165) is 0 Å². The number of urea groups is 1. The molecule has 0 fully saturated rings. The van der Waals surface area contributed by atoms with Crippen LogP contribution in [0.5, 0.6) is 0 Å². The van der Waals surface area contributed by atoms with Crippen LogP contribution >= 0.6 is 0 Å². The average Bonchev–Trinajstić information content (AvgIpc) is 2.29. The molecule has 0 unspecified atom stereocenters. The van der Waals surface area contributed by atoms with Crippen LogP contribution in [0.3, 0.4) is 0 Å².